The van der Waals surface area contributed by atoms with Crippen molar-refractivity contribution in [3.05, 3.63) is 95.3 Å². The maximum absolute atomic E-state index is 13.2. The molecule has 0 fully saturated rings. The van der Waals surface area contributed by atoms with Crippen molar-refractivity contribution >= 4 is 17.1 Å². The lowest BCUT2D eigenvalue weighted by Crippen LogP contribution is -2.11. The van der Waals surface area contributed by atoms with E-state index in [4.69, 9.17) is 4.99 Å². The molecule has 0 radical (unpaired) electrons. The van der Waals surface area contributed by atoms with E-state index in [0.29, 0.717) is 6.42 Å². The SMILES string of the molecule is O[C@H]1Cc2ccccc2[C@H]1N=Cc1cccc2cc(-c3ccc(F)cc3)[nH]c12. The number of aromatic amines is 1. The average Bonchev–Trinajstić information content (AvgIpc) is 3.28. The summed E-state index contributed by atoms with van der Waals surface area (Å²) in [6.07, 6.45) is 1.98. The minimum absolute atomic E-state index is 0.238. The second kappa shape index (κ2) is 6.73. The smallest absolute Gasteiger partial charge is 0.123 e. The molecular formula is C24H19FN2O. The van der Waals surface area contributed by atoms with Crippen LogP contribution in [0.3, 0.4) is 0 Å². The molecule has 0 saturated carbocycles. The minimum Gasteiger partial charge on any atom is -0.390 e. The normalized spacial score (nSPS) is 18.8. The van der Waals surface area contributed by atoms with Crippen LogP contribution in [0.5, 0.6) is 0 Å². The van der Waals surface area contributed by atoms with Crippen LogP contribution in [-0.2, 0) is 6.42 Å². The van der Waals surface area contributed by atoms with E-state index in [1.165, 1.54) is 12.1 Å². The maximum atomic E-state index is 13.2. The highest BCUT2D eigenvalue weighted by Gasteiger charge is 2.29. The number of fused-ring (bicyclic) bond motifs is 2. The lowest BCUT2D eigenvalue weighted by Gasteiger charge is -2.10. The topological polar surface area (TPSA) is 48.4 Å². The second-order valence-electron chi connectivity index (χ2n) is 7.19. The summed E-state index contributed by atoms with van der Waals surface area (Å²) in [5.74, 6) is -0.247. The van der Waals surface area contributed by atoms with Gasteiger partial charge in [0.1, 0.15) is 11.9 Å². The number of benzene rings is 3. The van der Waals surface area contributed by atoms with Gasteiger partial charge in [0, 0.05) is 29.3 Å². The number of hydrogen-bond donors (Lipinski definition) is 2. The lowest BCUT2D eigenvalue weighted by molar-refractivity contribution is 0.159. The molecule has 3 aromatic carbocycles. The monoisotopic (exact) mass is 370 g/mol. The van der Waals surface area contributed by atoms with Crippen LogP contribution in [0.25, 0.3) is 22.2 Å². The van der Waals surface area contributed by atoms with Crippen molar-refractivity contribution in [3.8, 4) is 11.3 Å². The number of nitrogens with one attached hydrogen (secondary N) is 1. The lowest BCUT2D eigenvalue weighted by atomic mass is 10.1. The van der Waals surface area contributed by atoms with E-state index < -0.39 is 6.10 Å². The van der Waals surface area contributed by atoms with Gasteiger partial charge in [-0.2, -0.15) is 0 Å². The maximum Gasteiger partial charge on any atom is 0.123 e. The molecule has 2 N–H and O–H groups in total. The van der Waals surface area contributed by atoms with Gasteiger partial charge in [0.05, 0.1) is 11.6 Å². The van der Waals surface area contributed by atoms with Crippen LogP contribution >= 0.6 is 0 Å². The predicted octanol–water partition coefficient (Wildman–Crippen LogP) is 5.05. The Labute approximate surface area is 162 Å². The van der Waals surface area contributed by atoms with Gasteiger partial charge in [0.25, 0.3) is 0 Å². The number of H-pyrrole nitrogens is 1. The molecule has 1 heterocycles. The Bertz CT molecular complexity index is 1180. The number of nitrogens with zero attached hydrogens (tertiary/aromatic N) is 1. The molecule has 138 valence electrons. The molecule has 1 aliphatic rings. The number of aliphatic hydroxyl groups excluding tert-OH is 1. The van der Waals surface area contributed by atoms with E-state index in [2.05, 4.69) is 17.1 Å². The van der Waals surface area contributed by atoms with Gasteiger partial charge < -0.3 is 10.1 Å². The Balaban J connectivity index is 1.51. The Morgan fingerprint density at radius 1 is 1.00 bits per heavy atom. The van der Waals surface area contributed by atoms with E-state index in [0.717, 1.165) is 38.9 Å². The third kappa shape index (κ3) is 2.92. The zero-order valence-electron chi connectivity index (χ0n) is 15.1. The summed E-state index contributed by atoms with van der Waals surface area (Å²) in [7, 11) is 0. The zero-order chi connectivity index (χ0) is 19.1. The summed E-state index contributed by atoms with van der Waals surface area (Å²) in [4.78, 5) is 8.14. The summed E-state index contributed by atoms with van der Waals surface area (Å²) < 4.78 is 13.2. The molecule has 0 spiro atoms. The molecular weight excluding hydrogens is 351 g/mol. The quantitative estimate of drug-likeness (QED) is 0.487. The molecule has 5 rings (SSSR count). The molecule has 28 heavy (non-hydrogen) atoms. The number of aliphatic imine (C=N–C) groups is 1. The minimum atomic E-state index is -0.494. The highest BCUT2D eigenvalue weighted by atomic mass is 19.1. The molecule has 3 nitrogen and oxygen atoms in total. The highest BCUT2D eigenvalue weighted by molar-refractivity contribution is 6.00. The van der Waals surface area contributed by atoms with Crippen LogP contribution in [0, 0.1) is 5.82 Å². The van der Waals surface area contributed by atoms with Gasteiger partial charge in [-0.05, 0) is 47.0 Å². The van der Waals surface area contributed by atoms with Gasteiger partial charge in [-0.15, -0.1) is 0 Å². The molecule has 0 amide bonds. The molecule has 0 saturated heterocycles. The van der Waals surface area contributed by atoms with Gasteiger partial charge in [-0.1, -0.05) is 42.5 Å². The van der Waals surface area contributed by atoms with Crippen molar-refractivity contribution in [2.24, 2.45) is 4.99 Å². The first-order valence-corrected chi connectivity index (χ1v) is 9.36. The fourth-order valence-corrected chi connectivity index (χ4v) is 3.97. The van der Waals surface area contributed by atoms with Crippen LogP contribution in [0.1, 0.15) is 22.7 Å². The Morgan fingerprint density at radius 2 is 1.82 bits per heavy atom. The van der Waals surface area contributed by atoms with Gasteiger partial charge in [0.15, 0.2) is 0 Å². The Hall–Kier alpha value is -3.24. The van der Waals surface area contributed by atoms with E-state index >= 15 is 0 Å². The van der Waals surface area contributed by atoms with Crippen molar-refractivity contribution in [2.45, 2.75) is 18.6 Å². The highest BCUT2D eigenvalue weighted by Crippen LogP contribution is 2.34. The molecule has 1 aliphatic carbocycles. The molecule has 4 aromatic rings. The first-order valence-electron chi connectivity index (χ1n) is 9.36. The van der Waals surface area contributed by atoms with Crippen molar-refractivity contribution in [1.82, 2.24) is 4.98 Å². The largest absolute Gasteiger partial charge is 0.390 e. The fraction of sp³-hybridized carbons (Fsp3) is 0.125. The summed E-state index contributed by atoms with van der Waals surface area (Å²) in [6, 6.07) is 22.4. The summed E-state index contributed by atoms with van der Waals surface area (Å²) in [5, 5.41) is 11.5. The van der Waals surface area contributed by atoms with Gasteiger partial charge in [-0.25, -0.2) is 4.39 Å². The van der Waals surface area contributed by atoms with Crippen molar-refractivity contribution < 1.29 is 9.50 Å². The van der Waals surface area contributed by atoms with E-state index in [-0.39, 0.29) is 11.9 Å². The number of rotatable bonds is 3. The zero-order valence-corrected chi connectivity index (χ0v) is 15.1. The number of hydrogen-bond acceptors (Lipinski definition) is 2. The molecule has 4 heteroatoms. The molecule has 0 bridgehead atoms. The van der Waals surface area contributed by atoms with Gasteiger partial charge in [-0.3, -0.25) is 4.99 Å². The fourth-order valence-electron chi connectivity index (χ4n) is 3.97. The van der Waals surface area contributed by atoms with Crippen molar-refractivity contribution in [3.63, 3.8) is 0 Å². The average molecular weight is 370 g/mol. The molecule has 1 aromatic heterocycles. The number of aliphatic hydroxyl groups is 1. The summed E-state index contributed by atoms with van der Waals surface area (Å²) in [5.41, 5.74) is 6.06. The second-order valence-corrected chi connectivity index (χ2v) is 7.19. The van der Waals surface area contributed by atoms with E-state index in [1.54, 1.807) is 12.1 Å². The van der Waals surface area contributed by atoms with E-state index in [1.807, 2.05) is 42.6 Å². The van der Waals surface area contributed by atoms with Crippen LogP contribution < -0.4 is 0 Å². The van der Waals surface area contributed by atoms with Gasteiger partial charge in [0.2, 0.25) is 0 Å². The summed E-state index contributed by atoms with van der Waals surface area (Å²) >= 11 is 0. The Morgan fingerprint density at radius 3 is 2.68 bits per heavy atom. The molecule has 0 unspecified atom stereocenters. The van der Waals surface area contributed by atoms with Crippen molar-refractivity contribution in [2.75, 3.05) is 0 Å². The third-order valence-electron chi connectivity index (χ3n) is 5.39. The summed E-state index contributed by atoms with van der Waals surface area (Å²) in [6.45, 7) is 0. The molecule has 0 aliphatic heterocycles. The van der Waals surface area contributed by atoms with Gasteiger partial charge >= 0.3 is 0 Å². The van der Waals surface area contributed by atoms with Crippen molar-refractivity contribution in [1.29, 1.82) is 0 Å². The third-order valence-corrected chi connectivity index (χ3v) is 5.39. The van der Waals surface area contributed by atoms with E-state index in [9.17, 15) is 9.50 Å². The predicted molar refractivity (Wildman–Crippen MR) is 110 cm³/mol. The first-order chi connectivity index (χ1) is 13.7. The number of halogens is 1. The van der Waals surface area contributed by atoms with Crippen LogP contribution in [0.15, 0.2) is 77.8 Å². The number of para-hydroxylation sites is 1. The van der Waals surface area contributed by atoms with Crippen LogP contribution in [0.4, 0.5) is 4.39 Å². The van der Waals surface area contributed by atoms with Crippen LogP contribution in [-0.4, -0.2) is 22.4 Å². The number of aromatic nitrogens is 1. The Kier molecular flexibility index (Phi) is 4.06. The molecule has 2 atom stereocenters. The standard InChI is InChI=1S/C24H19FN2O/c25-19-10-8-15(9-11-19)21-12-17-5-3-6-18(23(17)27-21)14-26-24-20-7-2-1-4-16(20)13-22(24)28/h1-12,14,22,24,27-28H,13H2/t22-,24+/m0/s1. The first kappa shape index (κ1) is 16.9. The van der Waals surface area contributed by atoms with Crippen LogP contribution in [0.2, 0.25) is 0 Å².